The van der Waals surface area contributed by atoms with Crippen molar-refractivity contribution in [2.24, 2.45) is 10.1 Å². The molecule has 130 valence electrons. The molecule has 1 amide bonds. The van der Waals surface area contributed by atoms with Crippen LogP contribution in [0.2, 0.25) is 5.02 Å². The molecule has 2 aliphatic heterocycles. The number of nitrogens with zero attached hydrogens (tertiary/aromatic N) is 3. The lowest BCUT2D eigenvalue weighted by Gasteiger charge is -2.19. The summed E-state index contributed by atoms with van der Waals surface area (Å²) in [7, 11) is 0. The van der Waals surface area contributed by atoms with Gasteiger partial charge in [-0.1, -0.05) is 18.5 Å². The molecule has 26 heavy (non-hydrogen) atoms. The Labute approximate surface area is 158 Å². The third-order valence-corrected chi connectivity index (χ3v) is 5.15. The highest BCUT2D eigenvalue weighted by molar-refractivity contribution is 8.26. The number of hydrazone groups is 1. The molecule has 2 aliphatic rings. The first-order valence-electron chi connectivity index (χ1n) is 7.90. The zero-order valence-electron chi connectivity index (χ0n) is 13.7. The molecule has 0 radical (unpaired) electrons. The van der Waals surface area contributed by atoms with E-state index < -0.39 is 5.91 Å². The first-order chi connectivity index (χ1) is 12.5. The minimum atomic E-state index is -0.467. The number of amidine groups is 2. The second-order valence-electron chi connectivity index (χ2n) is 5.58. The average molecular weight is 385 g/mol. The lowest BCUT2D eigenvalue weighted by atomic mass is 10.1. The molecular weight excluding hydrogens is 372 g/mol. The van der Waals surface area contributed by atoms with Crippen LogP contribution >= 0.6 is 23.4 Å². The number of carbonyl (C=O) groups is 1. The van der Waals surface area contributed by atoms with Crippen molar-refractivity contribution in [3.05, 3.63) is 52.8 Å². The third-order valence-electron chi connectivity index (χ3n) is 3.84. The Kier molecular flexibility index (Phi) is 4.26. The van der Waals surface area contributed by atoms with Crippen LogP contribution in [0.3, 0.4) is 0 Å². The van der Waals surface area contributed by atoms with Crippen molar-refractivity contribution >= 4 is 51.4 Å². The maximum atomic E-state index is 12.3. The van der Waals surface area contributed by atoms with Gasteiger partial charge in [-0.15, -0.1) is 0 Å². The Balaban J connectivity index is 1.65. The molecule has 2 aromatic rings. The van der Waals surface area contributed by atoms with Crippen LogP contribution in [0.5, 0.6) is 0 Å². The zero-order chi connectivity index (χ0) is 18.3. The molecule has 3 heterocycles. The number of aliphatic imine (C=N–C) groups is 1. The number of thioether (sulfide) groups is 1. The third kappa shape index (κ3) is 3.00. The molecule has 0 bridgehead atoms. The van der Waals surface area contributed by atoms with E-state index in [-0.39, 0.29) is 11.4 Å². The lowest BCUT2D eigenvalue weighted by Crippen LogP contribution is -2.35. The number of halogens is 1. The highest BCUT2D eigenvalue weighted by atomic mass is 35.5. The quantitative estimate of drug-likeness (QED) is 0.782. The molecule has 0 saturated heterocycles. The molecule has 1 aromatic heterocycles. The van der Waals surface area contributed by atoms with Crippen LogP contribution in [0, 0.1) is 5.41 Å². The fraction of sp³-hybridized carbons (Fsp3) is 0.111. The van der Waals surface area contributed by atoms with Gasteiger partial charge in [-0.3, -0.25) is 10.2 Å². The molecule has 6 nitrogen and oxygen atoms in total. The van der Waals surface area contributed by atoms with Crippen LogP contribution in [0.15, 0.2) is 56.5 Å². The van der Waals surface area contributed by atoms with Crippen molar-refractivity contribution in [2.75, 3.05) is 0 Å². The van der Waals surface area contributed by atoms with E-state index in [4.69, 9.17) is 21.4 Å². The van der Waals surface area contributed by atoms with E-state index in [2.05, 4.69) is 10.1 Å². The van der Waals surface area contributed by atoms with Crippen LogP contribution < -0.4 is 0 Å². The summed E-state index contributed by atoms with van der Waals surface area (Å²) >= 11 is 7.22. The predicted octanol–water partition coefficient (Wildman–Crippen LogP) is 4.63. The highest BCUT2D eigenvalue weighted by Gasteiger charge is 2.35. The minimum absolute atomic E-state index is 0.000364. The lowest BCUT2D eigenvalue weighted by molar-refractivity contribution is -0.114. The van der Waals surface area contributed by atoms with E-state index in [1.807, 2.05) is 19.1 Å². The van der Waals surface area contributed by atoms with Gasteiger partial charge in [0.1, 0.15) is 16.6 Å². The fourth-order valence-corrected chi connectivity index (χ4v) is 3.47. The summed E-state index contributed by atoms with van der Waals surface area (Å²) in [5, 5.41) is 15.9. The number of furan rings is 1. The van der Waals surface area contributed by atoms with Gasteiger partial charge in [-0.2, -0.15) is 15.1 Å². The van der Waals surface area contributed by atoms with Crippen molar-refractivity contribution in [3.63, 3.8) is 0 Å². The molecule has 0 aliphatic carbocycles. The second kappa shape index (κ2) is 6.59. The first kappa shape index (κ1) is 16.8. The van der Waals surface area contributed by atoms with Crippen molar-refractivity contribution in [1.29, 1.82) is 5.41 Å². The summed E-state index contributed by atoms with van der Waals surface area (Å²) in [6.45, 7) is 1.97. The zero-order valence-corrected chi connectivity index (χ0v) is 15.3. The largest absolute Gasteiger partial charge is 0.457 e. The van der Waals surface area contributed by atoms with Crippen LogP contribution in [-0.4, -0.2) is 27.0 Å². The number of nitrogens with one attached hydrogen (secondary N) is 1. The minimum Gasteiger partial charge on any atom is -0.457 e. The van der Waals surface area contributed by atoms with Gasteiger partial charge < -0.3 is 4.42 Å². The first-order valence-corrected chi connectivity index (χ1v) is 9.09. The average Bonchev–Trinajstić information content (AvgIpc) is 3.26. The van der Waals surface area contributed by atoms with Crippen molar-refractivity contribution in [2.45, 2.75) is 13.3 Å². The smallest absolute Gasteiger partial charge is 0.283 e. The molecule has 1 aromatic carbocycles. The molecule has 0 unspecified atom stereocenters. The van der Waals surface area contributed by atoms with Crippen LogP contribution in [0.25, 0.3) is 17.4 Å². The number of benzene rings is 1. The topological polar surface area (TPSA) is 82.0 Å². The van der Waals surface area contributed by atoms with Gasteiger partial charge in [0.25, 0.3) is 5.91 Å². The summed E-state index contributed by atoms with van der Waals surface area (Å²) in [5.41, 5.74) is 1.02. The van der Waals surface area contributed by atoms with Gasteiger partial charge in [0.15, 0.2) is 5.84 Å². The normalized spacial score (nSPS) is 18.2. The Hall–Kier alpha value is -2.64. The fourth-order valence-electron chi connectivity index (χ4n) is 2.52. The number of carbonyl (C=O) groups excluding carboxylic acids is 1. The molecule has 0 spiro atoms. The standard InChI is InChI=1S/C18H13ClN4O2S/c1-2-15-22-23-16(20)13(17(24)21-18(23)26-15)9-12-7-8-14(25-12)10-3-5-11(19)6-4-10/h3-9,20H,2H2,1H3/b13-9-,20-16?. The molecule has 4 rings (SSSR count). The number of amides is 1. The molecule has 0 atom stereocenters. The van der Waals surface area contributed by atoms with E-state index in [9.17, 15) is 4.79 Å². The van der Waals surface area contributed by atoms with Gasteiger partial charge in [-0.05, 0) is 60.7 Å². The van der Waals surface area contributed by atoms with E-state index in [1.165, 1.54) is 22.8 Å². The SMILES string of the molecule is CCC1=NN2C(=N)/C(=C/c3ccc(-c4ccc(Cl)cc4)o3)C(=O)N=C2S1. The summed E-state index contributed by atoms with van der Waals surface area (Å²) in [5.74, 6) is 0.648. The van der Waals surface area contributed by atoms with Crippen LogP contribution in [0.4, 0.5) is 0 Å². The van der Waals surface area contributed by atoms with E-state index >= 15 is 0 Å². The number of rotatable bonds is 3. The van der Waals surface area contributed by atoms with Gasteiger partial charge in [0, 0.05) is 10.6 Å². The Morgan fingerprint density at radius 3 is 2.77 bits per heavy atom. The monoisotopic (exact) mass is 384 g/mol. The van der Waals surface area contributed by atoms with Gasteiger partial charge in [0.05, 0.1) is 5.57 Å². The maximum Gasteiger partial charge on any atom is 0.283 e. The maximum absolute atomic E-state index is 12.3. The predicted molar refractivity (Wildman–Crippen MR) is 104 cm³/mol. The van der Waals surface area contributed by atoms with Gasteiger partial charge in [0.2, 0.25) is 5.17 Å². The number of fused-ring (bicyclic) bond motifs is 1. The van der Waals surface area contributed by atoms with E-state index in [1.54, 1.807) is 24.3 Å². The summed E-state index contributed by atoms with van der Waals surface area (Å²) in [6.07, 6.45) is 2.25. The van der Waals surface area contributed by atoms with Crippen LogP contribution in [0.1, 0.15) is 19.1 Å². The van der Waals surface area contributed by atoms with Crippen LogP contribution in [-0.2, 0) is 4.79 Å². The molecule has 0 saturated carbocycles. The Bertz CT molecular complexity index is 1000. The number of hydrogen-bond donors (Lipinski definition) is 1. The molecular formula is C18H13ClN4O2S. The van der Waals surface area contributed by atoms with Gasteiger partial charge in [-0.25, -0.2) is 0 Å². The second-order valence-corrected chi connectivity index (χ2v) is 7.05. The summed E-state index contributed by atoms with van der Waals surface area (Å²) in [6, 6.07) is 10.8. The van der Waals surface area contributed by atoms with Crippen molar-refractivity contribution in [3.8, 4) is 11.3 Å². The summed E-state index contributed by atoms with van der Waals surface area (Å²) < 4.78 is 5.79. The van der Waals surface area contributed by atoms with Crippen molar-refractivity contribution < 1.29 is 9.21 Å². The van der Waals surface area contributed by atoms with E-state index in [0.29, 0.717) is 21.7 Å². The summed E-state index contributed by atoms with van der Waals surface area (Å²) in [4.78, 5) is 16.3. The Morgan fingerprint density at radius 1 is 1.27 bits per heavy atom. The van der Waals surface area contributed by atoms with Crippen molar-refractivity contribution in [1.82, 2.24) is 5.01 Å². The molecule has 1 N–H and O–H groups in total. The molecule has 0 fully saturated rings. The van der Waals surface area contributed by atoms with E-state index in [0.717, 1.165) is 17.0 Å². The molecule has 8 heteroatoms. The van der Waals surface area contributed by atoms with Gasteiger partial charge >= 0.3 is 0 Å². The Morgan fingerprint density at radius 2 is 2.04 bits per heavy atom. The highest BCUT2D eigenvalue weighted by Crippen LogP contribution is 2.30. The number of hydrogen-bond acceptors (Lipinski definition) is 5.